The number of pyridine rings is 1. The summed E-state index contributed by atoms with van der Waals surface area (Å²) >= 11 is 1.33. The van der Waals surface area contributed by atoms with E-state index in [0.29, 0.717) is 17.7 Å². The van der Waals surface area contributed by atoms with Gasteiger partial charge in [0, 0.05) is 5.38 Å². The van der Waals surface area contributed by atoms with Gasteiger partial charge in [-0.2, -0.15) is 18.4 Å². The summed E-state index contributed by atoms with van der Waals surface area (Å²) in [6, 6.07) is 8.67. The minimum Gasteiger partial charge on any atom is -0.298 e. The van der Waals surface area contributed by atoms with Crippen molar-refractivity contribution in [3.63, 3.8) is 0 Å². The Hall–Kier alpha value is -2.92. The molecule has 3 rings (SSSR count). The van der Waals surface area contributed by atoms with Crippen LogP contribution in [0.1, 0.15) is 41.8 Å². The Morgan fingerprint density at radius 3 is 2.61 bits per heavy atom. The van der Waals surface area contributed by atoms with Crippen LogP contribution in [0.5, 0.6) is 0 Å². The van der Waals surface area contributed by atoms with E-state index in [1.807, 2.05) is 19.9 Å². The second-order valence-corrected chi connectivity index (χ2v) is 7.03. The van der Waals surface area contributed by atoms with Gasteiger partial charge in [-0.25, -0.2) is 4.98 Å². The molecule has 1 aromatic carbocycles. The molecule has 0 fully saturated rings. The summed E-state index contributed by atoms with van der Waals surface area (Å²) in [5, 5.41) is 11.1. The molecule has 28 heavy (non-hydrogen) atoms. The van der Waals surface area contributed by atoms with Gasteiger partial charge in [0.15, 0.2) is 0 Å². The van der Waals surface area contributed by atoms with Crippen molar-refractivity contribution in [2.45, 2.75) is 32.5 Å². The van der Waals surface area contributed by atoms with Crippen molar-refractivity contribution >= 4 is 11.3 Å². The van der Waals surface area contributed by atoms with Crippen LogP contribution < -0.4 is 5.56 Å². The third-order valence-electron chi connectivity index (χ3n) is 4.46. The third-order valence-corrected chi connectivity index (χ3v) is 5.07. The molecule has 0 spiro atoms. The van der Waals surface area contributed by atoms with Crippen molar-refractivity contribution in [3.8, 4) is 17.3 Å². The maximum absolute atomic E-state index is 13.6. The molecular weight excluding hydrogens is 387 g/mol. The van der Waals surface area contributed by atoms with Gasteiger partial charge in [-0.3, -0.25) is 9.36 Å². The van der Waals surface area contributed by atoms with Gasteiger partial charge in [-0.1, -0.05) is 30.7 Å². The molecule has 0 saturated carbocycles. The maximum Gasteiger partial charge on any atom is 0.417 e. The van der Waals surface area contributed by atoms with Crippen LogP contribution in [-0.2, 0) is 6.18 Å². The second-order valence-electron chi connectivity index (χ2n) is 6.31. The van der Waals surface area contributed by atoms with E-state index in [-0.39, 0.29) is 5.69 Å². The highest BCUT2D eigenvalue weighted by atomic mass is 32.1. The van der Waals surface area contributed by atoms with Gasteiger partial charge >= 0.3 is 6.18 Å². The van der Waals surface area contributed by atoms with Crippen molar-refractivity contribution in [2.75, 3.05) is 0 Å². The van der Waals surface area contributed by atoms with Gasteiger partial charge in [0.05, 0.1) is 28.5 Å². The Morgan fingerprint density at radius 2 is 2.07 bits per heavy atom. The first-order valence-corrected chi connectivity index (χ1v) is 9.44. The number of alkyl halides is 3. The normalized spacial score (nSPS) is 12.6. The van der Waals surface area contributed by atoms with E-state index in [2.05, 4.69) is 4.98 Å². The highest BCUT2D eigenvalue weighted by molar-refractivity contribution is 7.07. The van der Waals surface area contributed by atoms with Crippen LogP contribution in [0.4, 0.5) is 13.2 Å². The van der Waals surface area contributed by atoms with E-state index in [0.717, 1.165) is 11.6 Å². The molecule has 2 heterocycles. The monoisotopic (exact) mass is 403 g/mol. The zero-order valence-corrected chi connectivity index (χ0v) is 15.9. The van der Waals surface area contributed by atoms with Gasteiger partial charge in [-0.05, 0) is 31.0 Å². The summed E-state index contributed by atoms with van der Waals surface area (Å²) in [6.45, 7) is 3.64. The zero-order chi connectivity index (χ0) is 20.5. The molecule has 0 bridgehead atoms. The molecule has 144 valence electrons. The molecule has 0 N–H and O–H groups in total. The molecule has 0 aliphatic carbocycles. The number of rotatable bonds is 4. The summed E-state index contributed by atoms with van der Waals surface area (Å²) in [5.74, 6) is 0. The lowest BCUT2D eigenvalue weighted by atomic mass is 10.0. The summed E-state index contributed by atoms with van der Waals surface area (Å²) in [4.78, 5) is 17.3. The van der Waals surface area contributed by atoms with Crippen LogP contribution in [0, 0.1) is 18.3 Å². The number of thiazole rings is 1. The zero-order valence-electron chi connectivity index (χ0n) is 15.1. The van der Waals surface area contributed by atoms with Crippen molar-refractivity contribution in [1.29, 1.82) is 5.26 Å². The first-order valence-electron chi connectivity index (χ1n) is 8.49. The predicted octanol–water partition coefficient (Wildman–Crippen LogP) is 5.17. The molecule has 4 nitrogen and oxygen atoms in total. The molecule has 8 heteroatoms. The molecule has 0 amide bonds. The molecular formula is C20H16F3N3OS. The third kappa shape index (κ3) is 3.58. The summed E-state index contributed by atoms with van der Waals surface area (Å²) < 4.78 is 42.0. The maximum atomic E-state index is 13.6. The summed E-state index contributed by atoms with van der Waals surface area (Å²) in [5.41, 5.74) is 0.515. The number of hydrogen-bond donors (Lipinski definition) is 0. The van der Waals surface area contributed by atoms with Crippen molar-refractivity contribution in [1.82, 2.24) is 9.55 Å². The SMILES string of the molecule is CCC(c1cscn1)n1c(-c2cccc(C)c2)cc(C(F)(F)F)c(C#N)c1=O. The Kier molecular flexibility index (Phi) is 5.38. The number of hydrogen-bond acceptors (Lipinski definition) is 4. The molecule has 0 aliphatic rings. The van der Waals surface area contributed by atoms with Crippen molar-refractivity contribution < 1.29 is 13.2 Å². The van der Waals surface area contributed by atoms with Crippen LogP contribution in [0.15, 0.2) is 46.0 Å². The lowest BCUT2D eigenvalue weighted by Crippen LogP contribution is -2.31. The van der Waals surface area contributed by atoms with E-state index < -0.39 is 28.9 Å². The number of nitriles is 1. The Balaban J connectivity index is 2.43. The van der Waals surface area contributed by atoms with Crippen LogP contribution >= 0.6 is 11.3 Å². The van der Waals surface area contributed by atoms with E-state index in [9.17, 15) is 23.2 Å². The molecule has 2 aromatic heterocycles. The number of aryl methyl sites for hydroxylation is 1. The first kappa shape index (κ1) is 19.8. The predicted molar refractivity (Wildman–Crippen MR) is 101 cm³/mol. The largest absolute Gasteiger partial charge is 0.417 e. The van der Waals surface area contributed by atoms with E-state index in [1.54, 1.807) is 29.1 Å². The first-order chi connectivity index (χ1) is 13.3. The van der Waals surface area contributed by atoms with Gasteiger partial charge in [0.1, 0.15) is 11.6 Å². The van der Waals surface area contributed by atoms with Crippen LogP contribution in [0.25, 0.3) is 11.3 Å². The van der Waals surface area contributed by atoms with Gasteiger partial charge in [0.25, 0.3) is 5.56 Å². The molecule has 0 saturated heterocycles. The molecule has 1 atom stereocenters. The number of halogens is 3. The summed E-state index contributed by atoms with van der Waals surface area (Å²) in [7, 11) is 0. The lowest BCUT2D eigenvalue weighted by molar-refractivity contribution is -0.137. The Labute approximate surface area is 163 Å². The second kappa shape index (κ2) is 7.60. The van der Waals surface area contributed by atoms with E-state index in [4.69, 9.17) is 0 Å². The Bertz CT molecular complexity index is 1100. The average Bonchev–Trinajstić information content (AvgIpc) is 3.16. The molecule has 0 aliphatic heterocycles. The van der Waals surface area contributed by atoms with Crippen molar-refractivity contribution in [3.05, 3.63) is 74.0 Å². The molecule has 3 aromatic rings. The van der Waals surface area contributed by atoms with E-state index >= 15 is 0 Å². The minimum absolute atomic E-state index is 0.111. The number of benzene rings is 1. The number of aromatic nitrogens is 2. The van der Waals surface area contributed by atoms with Gasteiger partial charge in [0.2, 0.25) is 0 Å². The highest BCUT2D eigenvalue weighted by Gasteiger charge is 2.37. The van der Waals surface area contributed by atoms with E-state index in [1.165, 1.54) is 22.0 Å². The molecule has 0 radical (unpaired) electrons. The van der Waals surface area contributed by atoms with Crippen LogP contribution in [0.3, 0.4) is 0 Å². The Morgan fingerprint density at radius 1 is 1.32 bits per heavy atom. The fourth-order valence-corrected chi connectivity index (χ4v) is 3.80. The summed E-state index contributed by atoms with van der Waals surface area (Å²) in [6.07, 6.45) is -4.39. The number of nitrogens with zero attached hydrogens (tertiary/aromatic N) is 3. The smallest absolute Gasteiger partial charge is 0.298 e. The van der Waals surface area contributed by atoms with Crippen LogP contribution in [-0.4, -0.2) is 9.55 Å². The van der Waals surface area contributed by atoms with Crippen LogP contribution in [0.2, 0.25) is 0 Å². The fraction of sp³-hybridized carbons (Fsp3) is 0.250. The average molecular weight is 403 g/mol. The molecule has 1 unspecified atom stereocenters. The highest BCUT2D eigenvalue weighted by Crippen LogP contribution is 2.35. The lowest BCUT2D eigenvalue weighted by Gasteiger charge is -2.23. The van der Waals surface area contributed by atoms with Crippen molar-refractivity contribution in [2.24, 2.45) is 0 Å². The van der Waals surface area contributed by atoms with Gasteiger partial charge < -0.3 is 0 Å². The minimum atomic E-state index is -4.82. The quantitative estimate of drug-likeness (QED) is 0.604. The fourth-order valence-electron chi connectivity index (χ4n) is 3.20. The van der Waals surface area contributed by atoms with Gasteiger partial charge in [-0.15, -0.1) is 11.3 Å². The topological polar surface area (TPSA) is 58.7 Å². The standard InChI is InChI=1S/C20H16F3N3OS/c1-3-17(16-10-28-11-25-16)26-18(13-6-4-5-12(2)7-13)8-15(20(21,22)23)14(9-24)19(26)27/h4-8,10-11,17H,3H2,1-2H3.